The minimum Gasteiger partial charge on any atom is -0.490 e. The molecule has 17 heavy (non-hydrogen) atoms. The molecule has 0 aliphatic carbocycles. The van der Waals surface area contributed by atoms with Crippen LogP contribution in [0.1, 0.15) is 46.0 Å². The van der Waals surface area contributed by atoms with Crippen molar-refractivity contribution < 1.29 is 9.53 Å². The summed E-state index contributed by atoms with van der Waals surface area (Å²) >= 11 is 0. The largest absolute Gasteiger partial charge is 0.490 e. The van der Waals surface area contributed by atoms with Crippen LogP contribution in [0.15, 0.2) is 11.8 Å². The highest BCUT2D eigenvalue weighted by molar-refractivity contribution is 6.01. The van der Waals surface area contributed by atoms with Crippen LogP contribution < -0.4 is 0 Å². The number of hydrogen-bond acceptors (Lipinski definition) is 3. The number of carbonyl (C=O) groups is 1. The molecule has 0 N–H and O–H groups in total. The lowest BCUT2D eigenvalue weighted by molar-refractivity contribution is -0.130. The van der Waals surface area contributed by atoms with Crippen molar-refractivity contribution in [1.82, 2.24) is 4.90 Å². The molecule has 0 radical (unpaired) electrons. The molecular formula is C14H23NO2. The van der Waals surface area contributed by atoms with Crippen molar-refractivity contribution in [3.63, 3.8) is 0 Å². The van der Waals surface area contributed by atoms with Crippen LogP contribution in [0.4, 0.5) is 0 Å². The fourth-order valence-electron chi connectivity index (χ4n) is 2.76. The molecule has 0 amide bonds. The van der Waals surface area contributed by atoms with E-state index in [0.29, 0.717) is 12.4 Å². The molecule has 2 heterocycles. The predicted octanol–water partition coefficient (Wildman–Crippen LogP) is 2.51. The molecule has 3 heteroatoms. The molecule has 3 nitrogen and oxygen atoms in total. The molecule has 2 aliphatic heterocycles. The molecule has 2 aliphatic rings. The number of likely N-dealkylation sites (tertiary alicyclic amines) is 1. The monoisotopic (exact) mass is 237 g/mol. The van der Waals surface area contributed by atoms with Crippen molar-refractivity contribution in [3.8, 4) is 0 Å². The van der Waals surface area contributed by atoms with Crippen molar-refractivity contribution in [2.75, 3.05) is 19.7 Å². The van der Waals surface area contributed by atoms with Crippen molar-refractivity contribution in [1.29, 1.82) is 0 Å². The summed E-state index contributed by atoms with van der Waals surface area (Å²) in [7, 11) is 0. The summed E-state index contributed by atoms with van der Waals surface area (Å²) < 4.78 is 5.44. The lowest BCUT2D eigenvalue weighted by Gasteiger charge is -2.41. The van der Waals surface area contributed by atoms with Gasteiger partial charge in [-0.1, -0.05) is 13.3 Å². The van der Waals surface area contributed by atoms with Gasteiger partial charge in [0.15, 0.2) is 5.76 Å². The molecule has 96 valence electrons. The van der Waals surface area contributed by atoms with Crippen LogP contribution >= 0.6 is 0 Å². The molecule has 2 rings (SSSR count). The van der Waals surface area contributed by atoms with E-state index < -0.39 is 0 Å². The Morgan fingerprint density at radius 1 is 1.41 bits per heavy atom. The fourth-order valence-corrected chi connectivity index (χ4v) is 2.76. The van der Waals surface area contributed by atoms with Crippen LogP contribution in [0.3, 0.4) is 0 Å². The summed E-state index contributed by atoms with van der Waals surface area (Å²) in [6.45, 7) is 6.93. The number of hydrogen-bond donors (Lipinski definition) is 0. The number of nitrogens with zero attached hydrogens (tertiary/aromatic N) is 1. The van der Waals surface area contributed by atoms with Crippen LogP contribution in [-0.4, -0.2) is 35.9 Å². The van der Waals surface area contributed by atoms with Gasteiger partial charge in [-0.05, 0) is 45.4 Å². The molecule has 1 saturated heterocycles. The quantitative estimate of drug-likeness (QED) is 0.752. The SMILES string of the molecule is CCC(C)(C(=O)C1=CCCO1)N1CCCCC1. The van der Waals surface area contributed by atoms with Gasteiger partial charge in [-0.15, -0.1) is 0 Å². The minimum absolute atomic E-state index is 0.180. The first-order valence-electron chi connectivity index (χ1n) is 6.81. The zero-order valence-electron chi connectivity index (χ0n) is 11.0. The summed E-state index contributed by atoms with van der Waals surface area (Å²) in [6.07, 6.45) is 7.39. The summed E-state index contributed by atoms with van der Waals surface area (Å²) in [5, 5.41) is 0. The Hall–Kier alpha value is -0.830. The van der Waals surface area contributed by atoms with E-state index in [2.05, 4.69) is 18.7 Å². The Bertz CT molecular complexity index is 318. The summed E-state index contributed by atoms with van der Waals surface area (Å²) in [4.78, 5) is 14.9. The molecule has 0 bridgehead atoms. The fraction of sp³-hybridized carbons (Fsp3) is 0.786. The molecule has 1 fully saturated rings. The molecule has 0 aromatic heterocycles. The average Bonchev–Trinajstić information content (AvgIpc) is 2.92. The third kappa shape index (κ3) is 2.39. The van der Waals surface area contributed by atoms with Gasteiger partial charge in [0.25, 0.3) is 0 Å². The normalized spacial score (nSPS) is 24.9. The summed E-state index contributed by atoms with van der Waals surface area (Å²) in [5.74, 6) is 0.777. The first-order chi connectivity index (χ1) is 8.18. The predicted molar refractivity (Wildman–Crippen MR) is 67.8 cm³/mol. The van der Waals surface area contributed by atoms with E-state index in [-0.39, 0.29) is 11.3 Å². The highest BCUT2D eigenvalue weighted by atomic mass is 16.5. The lowest BCUT2D eigenvalue weighted by Crippen LogP contribution is -2.54. The van der Waals surface area contributed by atoms with Gasteiger partial charge in [-0.2, -0.15) is 0 Å². The zero-order valence-corrected chi connectivity index (χ0v) is 11.0. The van der Waals surface area contributed by atoms with E-state index in [1.807, 2.05) is 6.08 Å². The third-order valence-corrected chi connectivity index (χ3v) is 4.16. The number of carbonyl (C=O) groups excluding carboxylic acids is 1. The maximum Gasteiger partial charge on any atom is 0.216 e. The maximum atomic E-state index is 12.6. The van der Waals surface area contributed by atoms with Crippen molar-refractivity contribution >= 4 is 5.78 Å². The molecule has 0 aromatic rings. The number of rotatable bonds is 4. The van der Waals surface area contributed by atoms with E-state index in [1.165, 1.54) is 19.3 Å². The Labute approximate surface area is 104 Å². The average molecular weight is 237 g/mol. The minimum atomic E-state index is -0.364. The van der Waals surface area contributed by atoms with Gasteiger partial charge in [0.2, 0.25) is 5.78 Å². The first-order valence-corrected chi connectivity index (χ1v) is 6.81. The Morgan fingerprint density at radius 2 is 2.12 bits per heavy atom. The number of ether oxygens (including phenoxy) is 1. The molecule has 1 atom stereocenters. The van der Waals surface area contributed by atoms with Gasteiger partial charge < -0.3 is 4.74 Å². The number of ketones is 1. The summed E-state index contributed by atoms with van der Waals surface area (Å²) in [6, 6.07) is 0. The maximum absolute atomic E-state index is 12.6. The highest BCUT2D eigenvalue weighted by Gasteiger charge is 2.40. The van der Waals surface area contributed by atoms with Crippen molar-refractivity contribution in [2.45, 2.75) is 51.5 Å². The van der Waals surface area contributed by atoms with Crippen LogP contribution in [0.25, 0.3) is 0 Å². The topological polar surface area (TPSA) is 29.5 Å². The molecule has 0 spiro atoms. The second kappa shape index (κ2) is 5.21. The molecule has 0 saturated carbocycles. The van der Waals surface area contributed by atoms with E-state index in [4.69, 9.17) is 4.74 Å². The van der Waals surface area contributed by atoms with Gasteiger partial charge >= 0.3 is 0 Å². The lowest BCUT2D eigenvalue weighted by atomic mass is 9.88. The van der Waals surface area contributed by atoms with Gasteiger partial charge in [-0.3, -0.25) is 9.69 Å². The number of piperidine rings is 1. The van der Waals surface area contributed by atoms with Gasteiger partial charge in [0.05, 0.1) is 12.1 Å². The zero-order chi connectivity index (χ0) is 12.3. The van der Waals surface area contributed by atoms with E-state index in [9.17, 15) is 4.79 Å². The molecular weight excluding hydrogens is 214 g/mol. The second-order valence-electron chi connectivity index (χ2n) is 5.21. The Morgan fingerprint density at radius 3 is 2.65 bits per heavy atom. The first kappa shape index (κ1) is 12.6. The highest BCUT2D eigenvalue weighted by Crippen LogP contribution is 2.29. The van der Waals surface area contributed by atoms with Gasteiger partial charge in [-0.25, -0.2) is 0 Å². The van der Waals surface area contributed by atoms with E-state index in [1.54, 1.807) is 0 Å². The standard InChI is InChI=1S/C14H23NO2/c1-3-14(2,15-9-5-4-6-10-15)13(16)12-8-7-11-17-12/h8H,3-7,9-11H2,1-2H3. The van der Waals surface area contributed by atoms with Gasteiger partial charge in [0.1, 0.15) is 0 Å². The summed E-state index contributed by atoms with van der Waals surface area (Å²) in [5.41, 5.74) is -0.364. The smallest absolute Gasteiger partial charge is 0.216 e. The van der Waals surface area contributed by atoms with Crippen LogP contribution in [-0.2, 0) is 9.53 Å². The van der Waals surface area contributed by atoms with Crippen LogP contribution in [0.5, 0.6) is 0 Å². The van der Waals surface area contributed by atoms with Gasteiger partial charge in [0, 0.05) is 6.42 Å². The Balaban J connectivity index is 2.14. The van der Waals surface area contributed by atoms with E-state index in [0.717, 1.165) is 25.9 Å². The van der Waals surface area contributed by atoms with Crippen LogP contribution in [0.2, 0.25) is 0 Å². The Kier molecular flexibility index (Phi) is 3.87. The number of Topliss-reactive ketones (excluding diaryl/α,β-unsaturated/α-hetero) is 1. The van der Waals surface area contributed by atoms with Crippen LogP contribution in [0, 0.1) is 0 Å². The van der Waals surface area contributed by atoms with Crippen molar-refractivity contribution in [3.05, 3.63) is 11.8 Å². The van der Waals surface area contributed by atoms with E-state index >= 15 is 0 Å². The van der Waals surface area contributed by atoms with Crippen molar-refractivity contribution in [2.24, 2.45) is 0 Å². The second-order valence-corrected chi connectivity index (χ2v) is 5.21. The molecule has 1 unspecified atom stereocenters. The third-order valence-electron chi connectivity index (χ3n) is 4.16. The molecule has 0 aromatic carbocycles.